The number of hydrogen-bond donors (Lipinski definition) is 1. The molecule has 3 nitrogen and oxygen atoms in total. The van der Waals surface area contributed by atoms with E-state index in [1.807, 2.05) is 0 Å². The molecule has 3 heteroatoms. The Morgan fingerprint density at radius 1 is 1.33 bits per heavy atom. The van der Waals surface area contributed by atoms with Crippen molar-refractivity contribution in [1.82, 2.24) is 10.2 Å². The van der Waals surface area contributed by atoms with Crippen molar-refractivity contribution in [2.75, 3.05) is 32.8 Å². The van der Waals surface area contributed by atoms with E-state index in [4.69, 9.17) is 4.74 Å². The van der Waals surface area contributed by atoms with Gasteiger partial charge in [-0.1, -0.05) is 20.8 Å². The second-order valence-electron chi connectivity index (χ2n) is 6.33. The average Bonchev–Trinajstić information content (AvgIpc) is 2.33. The van der Waals surface area contributed by atoms with Gasteiger partial charge in [0.15, 0.2) is 0 Å². The van der Waals surface area contributed by atoms with Crippen LogP contribution in [0, 0.1) is 11.8 Å². The Hall–Kier alpha value is -0.120. The lowest BCUT2D eigenvalue weighted by atomic mass is 9.77. The first-order chi connectivity index (χ1) is 8.72. The van der Waals surface area contributed by atoms with Gasteiger partial charge in [0.1, 0.15) is 0 Å². The summed E-state index contributed by atoms with van der Waals surface area (Å²) in [6, 6.07) is 1.48. The van der Waals surface area contributed by atoms with E-state index in [0.29, 0.717) is 6.04 Å². The molecule has 1 aliphatic heterocycles. The second kappa shape index (κ2) is 6.88. The Balaban J connectivity index is 1.77. The van der Waals surface area contributed by atoms with Crippen LogP contribution in [0.2, 0.25) is 0 Å². The van der Waals surface area contributed by atoms with E-state index in [0.717, 1.165) is 44.2 Å². The van der Waals surface area contributed by atoms with Gasteiger partial charge in [0.05, 0.1) is 13.2 Å². The normalized spacial score (nSPS) is 33.7. The number of rotatable bonds is 6. The maximum Gasteiger partial charge on any atom is 0.0622 e. The lowest BCUT2D eigenvalue weighted by molar-refractivity contribution is -0.0657. The average molecular weight is 254 g/mol. The molecule has 2 aliphatic rings. The molecule has 0 amide bonds. The van der Waals surface area contributed by atoms with Crippen LogP contribution in [0.1, 0.15) is 40.0 Å². The third kappa shape index (κ3) is 3.46. The van der Waals surface area contributed by atoms with E-state index in [9.17, 15) is 0 Å². The van der Waals surface area contributed by atoms with E-state index in [1.165, 1.54) is 25.8 Å². The van der Waals surface area contributed by atoms with Crippen LogP contribution in [0.5, 0.6) is 0 Å². The van der Waals surface area contributed by atoms with Crippen molar-refractivity contribution in [3.8, 4) is 0 Å². The van der Waals surface area contributed by atoms with Crippen molar-refractivity contribution in [3.05, 3.63) is 0 Å². The van der Waals surface area contributed by atoms with Crippen LogP contribution in [0.3, 0.4) is 0 Å². The summed E-state index contributed by atoms with van der Waals surface area (Å²) in [5.41, 5.74) is 0. The Labute approximate surface area is 112 Å². The Kier molecular flexibility index (Phi) is 5.46. The topological polar surface area (TPSA) is 24.5 Å². The molecule has 1 heterocycles. The van der Waals surface area contributed by atoms with Crippen LogP contribution in [0.4, 0.5) is 0 Å². The molecular formula is C15H30N2O. The summed E-state index contributed by atoms with van der Waals surface area (Å²) in [5, 5.41) is 3.63. The minimum atomic E-state index is 0.664. The van der Waals surface area contributed by atoms with Gasteiger partial charge in [0.2, 0.25) is 0 Å². The maximum absolute atomic E-state index is 5.61. The SMILES string of the molecule is CCC1COCCN1C1CCC1CNCC(C)C. The fraction of sp³-hybridized carbons (Fsp3) is 1.00. The quantitative estimate of drug-likeness (QED) is 0.786. The highest BCUT2D eigenvalue weighted by atomic mass is 16.5. The van der Waals surface area contributed by atoms with Crippen LogP contribution in [0.15, 0.2) is 0 Å². The highest BCUT2D eigenvalue weighted by molar-refractivity contribution is 4.93. The summed E-state index contributed by atoms with van der Waals surface area (Å²) in [7, 11) is 0. The molecule has 18 heavy (non-hydrogen) atoms. The molecule has 0 radical (unpaired) electrons. The monoisotopic (exact) mass is 254 g/mol. The number of morpholine rings is 1. The number of nitrogens with zero attached hydrogens (tertiary/aromatic N) is 1. The molecule has 1 saturated heterocycles. The lowest BCUT2D eigenvalue weighted by Crippen LogP contribution is -2.58. The van der Waals surface area contributed by atoms with Gasteiger partial charge < -0.3 is 10.1 Å². The molecule has 0 spiro atoms. The van der Waals surface area contributed by atoms with E-state index >= 15 is 0 Å². The van der Waals surface area contributed by atoms with Gasteiger partial charge >= 0.3 is 0 Å². The van der Waals surface area contributed by atoms with Crippen LogP contribution in [-0.2, 0) is 4.74 Å². The predicted octanol–water partition coefficient (Wildman–Crippen LogP) is 2.12. The zero-order valence-corrected chi connectivity index (χ0v) is 12.3. The van der Waals surface area contributed by atoms with Crippen LogP contribution >= 0.6 is 0 Å². The van der Waals surface area contributed by atoms with E-state index in [2.05, 4.69) is 31.0 Å². The second-order valence-corrected chi connectivity index (χ2v) is 6.33. The summed E-state index contributed by atoms with van der Waals surface area (Å²) < 4.78 is 5.61. The Morgan fingerprint density at radius 2 is 2.17 bits per heavy atom. The molecule has 1 saturated carbocycles. The predicted molar refractivity (Wildman–Crippen MR) is 75.8 cm³/mol. The molecule has 0 aromatic heterocycles. The molecule has 3 atom stereocenters. The fourth-order valence-corrected chi connectivity index (χ4v) is 3.24. The van der Waals surface area contributed by atoms with Crippen molar-refractivity contribution >= 4 is 0 Å². The zero-order chi connectivity index (χ0) is 13.0. The van der Waals surface area contributed by atoms with Gasteiger partial charge in [0.25, 0.3) is 0 Å². The van der Waals surface area contributed by atoms with Crippen molar-refractivity contribution in [3.63, 3.8) is 0 Å². The minimum absolute atomic E-state index is 0.664. The summed E-state index contributed by atoms with van der Waals surface area (Å²) in [5.74, 6) is 1.63. The highest BCUT2D eigenvalue weighted by Gasteiger charge is 2.38. The van der Waals surface area contributed by atoms with Gasteiger partial charge in [-0.15, -0.1) is 0 Å². The molecule has 2 rings (SSSR count). The van der Waals surface area contributed by atoms with E-state index in [1.54, 1.807) is 0 Å². The maximum atomic E-state index is 5.61. The van der Waals surface area contributed by atoms with E-state index < -0.39 is 0 Å². The Morgan fingerprint density at radius 3 is 2.78 bits per heavy atom. The van der Waals surface area contributed by atoms with Crippen LogP contribution < -0.4 is 5.32 Å². The van der Waals surface area contributed by atoms with Gasteiger partial charge in [0, 0.05) is 18.6 Å². The fourth-order valence-electron chi connectivity index (χ4n) is 3.24. The molecule has 2 fully saturated rings. The minimum Gasteiger partial charge on any atom is -0.378 e. The summed E-state index contributed by atoms with van der Waals surface area (Å²) in [6.07, 6.45) is 4.02. The van der Waals surface area contributed by atoms with Gasteiger partial charge in [-0.3, -0.25) is 4.90 Å². The molecule has 106 valence electrons. The smallest absolute Gasteiger partial charge is 0.0622 e. The van der Waals surface area contributed by atoms with Gasteiger partial charge in [-0.2, -0.15) is 0 Å². The van der Waals surface area contributed by atoms with E-state index in [-0.39, 0.29) is 0 Å². The van der Waals surface area contributed by atoms with Gasteiger partial charge in [-0.25, -0.2) is 0 Å². The molecule has 1 aliphatic carbocycles. The molecule has 0 aromatic rings. The first-order valence-electron chi connectivity index (χ1n) is 7.76. The number of ether oxygens (including phenoxy) is 1. The summed E-state index contributed by atoms with van der Waals surface area (Å²) in [6.45, 7) is 12.2. The zero-order valence-electron chi connectivity index (χ0n) is 12.3. The molecular weight excluding hydrogens is 224 g/mol. The first-order valence-corrected chi connectivity index (χ1v) is 7.76. The molecule has 1 N–H and O–H groups in total. The van der Waals surface area contributed by atoms with Crippen molar-refractivity contribution in [2.45, 2.75) is 52.1 Å². The molecule has 0 aromatic carbocycles. The third-order valence-electron chi connectivity index (χ3n) is 4.51. The molecule has 3 unspecified atom stereocenters. The van der Waals surface area contributed by atoms with Crippen molar-refractivity contribution in [2.24, 2.45) is 11.8 Å². The largest absolute Gasteiger partial charge is 0.378 e. The van der Waals surface area contributed by atoms with Crippen molar-refractivity contribution in [1.29, 1.82) is 0 Å². The lowest BCUT2D eigenvalue weighted by Gasteiger charge is -2.49. The van der Waals surface area contributed by atoms with Crippen LogP contribution in [0.25, 0.3) is 0 Å². The molecule has 0 bridgehead atoms. The van der Waals surface area contributed by atoms with Crippen LogP contribution in [-0.4, -0.2) is 49.8 Å². The standard InChI is InChI=1S/C15H30N2O/c1-4-14-11-18-8-7-17(14)15-6-5-13(15)10-16-9-12(2)3/h12-16H,4-11H2,1-3H3. The van der Waals surface area contributed by atoms with Gasteiger partial charge in [-0.05, 0) is 44.2 Å². The summed E-state index contributed by atoms with van der Waals surface area (Å²) >= 11 is 0. The summed E-state index contributed by atoms with van der Waals surface area (Å²) in [4.78, 5) is 2.73. The van der Waals surface area contributed by atoms with Crippen molar-refractivity contribution < 1.29 is 4.74 Å². The third-order valence-corrected chi connectivity index (χ3v) is 4.51. The number of nitrogens with one attached hydrogen (secondary N) is 1. The first kappa shape index (κ1) is 14.3. The highest BCUT2D eigenvalue weighted by Crippen LogP contribution is 2.34. The Bertz CT molecular complexity index is 245. The number of hydrogen-bond acceptors (Lipinski definition) is 3.